The highest BCUT2D eigenvalue weighted by Crippen LogP contribution is 2.15. The second-order valence-electron chi connectivity index (χ2n) is 6.34. The quantitative estimate of drug-likeness (QED) is 0.714. The van der Waals surface area contributed by atoms with E-state index < -0.39 is 0 Å². The van der Waals surface area contributed by atoms with Gasteiger partial charge in [-0.25, -0.2) is 0 Å². The Morgan fingerprint density at radius 3 is 2.48 bits per heavy atom. The number of rotatable bonds is 9. The van der Waals surface area contributed by atoms with E-state index in [0.717, 1.165) is 38.5 Å². The van der Waals surface area contributed by atoms with E-state index in [2.05, 4.69) is 15.1 Å². The lowest BCUT2D eigenvalue weighted by molar-refractivity contribution is -0.123. The topological polar surface area (TPSA) is 54.0 Å². The van der Waals surface area contributed by atoms with E-state index >= 15 is 0 Å². The van der Waals surface area contributed by atoms with Crippen LogP contribution in [0.1, 0.15) is 6.92 Å². The van der Waals surface area contributed by atoms with Gasteiger partial charge in [0.1, 0.15) is 12.4 Å². The zero-order valence-electron chi connectivity index (χ0n) is 15.0. The van der Waals surface area contributed by atoms with Gasteiger partial charge in [-0.2, -0.15) is 0 Å². The molecular weight excluding hydrogens is 342 g/mol. The molecule has 6 nitrogen and oxygen atoms in total. The third-order valence-electron chi connectivity index (χ3n) is 4.15. The average molecular weight is 370 g/mol. The first-order chi connectivity index (χ1) is 12.1. The lowest BCUT2D eigenvalue weighted by Crippen LogP contribution is -2.51. The van der Waals surface area contributed by atoms with Crippen molar-refractivity contribution in [1.29, 1.82) is 0 Å². The molecular formula is C18H28ClN3O3. The molecule has 0 spiro atoms. The SMILES string of the molecule is COCC(C)NC(=O)CN1CCN(CCOc2ccc(Cl)cc2)CC1. The number of hydrogen-bond acceptors (Lipinski definition) is 5. The Balaban J connectivity index is 1.59. The molecule has 7 heteroatoms. The predicted molar refractivity (Wildman–Crippen MR) is 99.3 cm³/mol. The van der Waals surface area contributed by atoms with Gasteiger partial charge in [-0.05, 0) is 31.2 Å². The van der Waals surface area contributed by atoms with Crippen molar-refractivity contribution in [2.75, 3.05) is 59.6 Å². The molecule has 0 aliphatic carbocycles. The third kappa shape index (κ3) is 7.61. The summed E-state index contributed by atoms with van der Waals surface area (Å²) in [6.07, 6.45) is 0. The number of benzene rings is 1. The molecule has 1 amide bonds. The molecule has 2 rings (SSSR count). The molecule has 1 unspecified atom stereocenters. The van der Waals surface area contributed by atoms with E-state index in [1.54, 1.807) is 7.11 Å². The number of piperazine rings is 1. The van der Waals surface area contributed by atoms with Crippen LogP contribution in [0.3, 0.4) is 0 Å². The number of nitrogens with zero attached hydrogens (tertiary/aromatic N) is 2. The molecule has 1 fully saturated rings. The van der Waals surface area contributed by atoms with Crippen LogP contribution in [0.25, 0.3) is 0 Å². The van der Waals surface area contributed by atoms with E-state index in [1.165, 1.54) is 0 Å². The van der Waals surface area contributed by atoms with Gasteiger partial charge in [0.25, 0.3) is 0 Å². The van der Waals surface area contributed by atoms with Crippen molar-refractivity contribution in [2.24, 2.45) is 0 Å². The highest BCUT2D eigenvalue weighted by atomic mass is 35.5. The zero-order chi connectivity index (χ0) is 18.1. The molecule has 1 aliphatic heterocycles. The summed E-state index contributed by atoms with van der Waals surface area (Å²) < 4.78 is 10.8. The van der Waals surface area contributed by atoms with Crippen LogP contribution in [0.2, 0.25) is 5.02 Å². The molecule has 1 heterocycles. The number of ether oxygens (including phenoxy) is 2. The molecule has 0 bridgehead atoms. The molecule has 1 aromatic rings. The maximum Gasteiger partial charge on any atom is 0.234 e. The summed E-state index contributed by atoms with van der Waals surface area (Å²) in [5.41, 5.74) is 0. The number of nitrogens with one attached hydrogen (secondary N) is 1. The van der Waals surface area contributed by atoms with Gasteiger partial charge in [-0.3, -0.25) is 14.6 Å². The Morgan fingerprint density at radius 1 is 1.20 bits per heavy atom. The summed E-state index contributed by atoms with van der Waals surface area (Å²) in [6.45, 7) is 8.15. The summed E-state index contributed by atoms with van der Waals surface area (Å²) >= 11 is 5.86. The van der Waals surface area contributed by atoms with E-state index in [4.69, 9.17) is 21.1 Å². The van der Waals surface area contributed by atoms with Gasteiger partial charge in [0.2, 0.25) is 5.91 Å². The molecule has 140 valence electrons. The molecule has 25 heavy (non-hydrogen) atoms. The van der Waals surface area contributed by atoms with Gasteiger partial charge in [0.15, 0.2) is 0 Å². The van der Waals surface area contributed by atoms with Crippen LogP contribution in [0.15, 0.2) is 24.3 Å². The average Bonchev–Trinajstić information content (AvgIpc) is 2.58. The van der Waals surface area contributed by atoms with Crippen LogP contribution in [0.5, 0.6) is 5.75 Å². The number of carbonyl (C=O) groups is 1. The summed E-state index contributed by atoms with van der Waals surface area (Å²) in [5.74, 6) is 0.897. The molecule has 0 radical (unpaired) electrons. The number of carbonyl (C=O) groups excluding carboxylic acids is 1. The van der Waals surface area contributed by atoms with Crippen molar-refractivity contribution in [1.82, 2.24) is 15.1 Å². The minimum atomic E-state index is 0.0452. The Kier molecular flexibility index (Phi) is 8.48. The number of halogens is 1. The lowest BCUT2D eigenvalue weighted by atomic mass is 10.3. The molecule has 1 aromatic carbocycles. The van der Waals surface area contributed by atoms with Gasteiger partial charge in [-0.1, -0.05) is 11.6 Å². The van der Waals surface area contributed by atoms with Gasteiger partial charge < -0.3 is 14.8 Å². The van der Waals surface area contributed by atoms with Crippen LogP contribution >= 0.6 is 11.6 Å². The Bertz CT molecular complexity index is 519. The largest absolute Gasteiger partial charge is 0.492 e. The first kappa shape index (κ1) is 20.0. The van der Waals surface area contributed by atoms with Crippen LogP contribution in [0.4, 0.5) is 0 Å². The second kappa shape index (κ2) is 10.6. The summed E-state index contributed by atoms with van der Waals surface area (Å²) in [5, 5.41) is 3.66. The fourth-order valence-electron chi connectivity index (χ4n) is 2.81. The Hall–Kier alpha value is -1.34. The lowest BCUT2D eigenvalue weighted by Gasteiger charge is -2.34. The summed E-state index contributed by atoms with van der Waals surface area (Å²) in [7, 11) is 1.64. The van der Waals surface area contributed by atoms with E-state index in [9.17, 15) is 4.79 Å². The van der Waals surface area contributed by atoms with Gasteiger partial charge in [-0.15, -0.1) is 0 Å². The van der Waals surface area contributed by atoms with Crippen molar-refractivity contribution in [2.45, 2.75) is 13.0 Å². The number of methoxy groups -OCH3 is 1. The maximum absolute atomic E-state index is 12.0. The van der Waals surface area contributed by atoms with Crippen molar-refractivity contribution < 1.29 is 14.3 Å². The van der Waals surface area contributed by atoms with Crippen molar-refractivity contribution in [3.05, 3.63) is 29.3 Å². The maximum atomic E-state index is 12.0. The normalized spacial score (nSPS) is 17.2. The molecule has 0 saturated carbocycles. The number of amides is 1. The van der Waals surface area contributed by atoms with Crippen molar-refractivity contribution >= 4 is 17.5 Å². The van der Waals surface area contributed by atoms with E-state index in [0.29, 0.717) is 24.8 Å². The highest BCUT2D eigenvalue weighted by Gasteiger charge is 2.19. The monoisotopic (exact) mass is 369 g/mol. The van der Waals surface area contributed by atoms with Crippen LogP contribution in [-0.4, -0.2) is 81.3 Å². The minimum absolute atomic E-state index is 0.0452. The number of hydrogen-bond donors (Lipinski definition) is 1. The van der Waals surface area contributed by atoms with Crippen LogP contribution in [-0.2, 0) is 9.53 Å². The summed E-state index contributed by atoms with van der Waals surface area (Å²) in [4.78, 5) is 16.5. The first-order valence-electron chi connectivity index (χ1n) is 8.68. The smallest absolute Gasteiger partial charge is 0.234 e. The van der Waals surface area contributed by atoms with Gasteiger partial charge >= 0.3 is 0 Å². The first-order valence-corrected chi connectivity index (χ1v) is 9.06. The Morgan fingerprint density at radius 2 is 1.84 bits per heavy atom. The van der Waals surface area contributed by atoms with Crippen molar-refractivity contribution in [3.8, 4) is 5.75 Å². The van der Waals surface area contributed by atoms with Crippen LogP contribution < -0.4 is 10.1 Å². The zero-order valence-corrected chi connectivity index (χ0v) is 15.8. The van der Waals surface area contributed by atoms with Crippen molar-refractivity contribution in [3.63, 3.8) is 0 Å². The molecule has 1 saturated heterocycles. The van der Waals surface area contributed by atoms with E-state index in [1.807, 2.05) is 31.2 Å². The highest BCUT2D eigenvalue weighted by molar-refractivity contribution is 6.30. The predicted octanol–water partition coefficient (Wildman–Crippen LogP) is 1.49. The second-order valence-corrected chi connectivity index (χ2v) is 6.78. The summed E-state index contributed by atoms with van der Waals surface area (Å²) in [6, 6.07) is 7.46. The molecule has 1 N–H and O–H groups in total. The van der Waals surface area contributed by atoms with Gasteiger partial charge in [0.05, 0.1) is 13.2 Å². The fraction of sp³-hybridized carbons (Fsp3) is 0.611. The third-order valence-corrected chi connectivity index (χ3v) is 4.40. The minimum Gasteiger partial charge on any atom is -0.492 e. The standard InChI is InChI=1S/C18H28ClN3O3/c1-15(14-24-2)20-18(23)13-22-9-7-21(8-10-22)11-12-25-17-5-3-16(19)4-6-17/h3-6,15H,7-14H2,1-2H3,(H,20,23). The Labute approximate surface area is 155 Å². The van der Waals surface area contributed by atoms with Gasteiger partial charge in [0, 0.05) is 50.9 Å². The molecule has 0 aromatic heterocycles. The fourth-order valence-corrected chi connectivity index (χ4v) is 2.94. The molecule has 1 aliphatic rings. The van der Waals surface area contributed by atoms with E-state index in [-0.39, 0.29) is 11.9 Å². The molecule has 1 atom stereocenters. The van der Waals surface area contributed by atoms with Crippen LogP contribution in [0, 0.1) is 0 Å².